The molecule has 4 rings (SSSR count). The fourth-order valence-electron chi connectivity index (χ4n) is 3.35. The molecule has 0 atom stereocenters. The van der Waals surface area contributed by atoms with Crippen LogP contribution in [0.1, 0.15) is 21.5 Å². The van der Waals surface area contributed by atoms with Crippen molar-refractivity contribution in [1.82, 2.24) is 0 Å². The largest absolute Gasteiger partial charge is 0.457 e. The summed E-state index contributed by atoms with van der Waals surface area (Å²) in [6, 6.07) is 27.3. The summed E-state index contributed by atoms with van der Waals surface area (Å²) in [6.45, 7) is 1.87. The number of carbonyl (C=O) groups is 1. The monoisotopic (exact) mass is 430 g/mol. The molecule has 0 aliphatic carbocycles. The van der Waals surface area contributed by atoms with Gasteiger partial charge in [0, 0.05) is 5.02 Å². The van der Waals surface area contributed by atoms with Gasteiger partial charge < -0.3 is 4.74 Å². The first-order valence-corrected chi connectivity index (χ1v) is 10.3. The standard InChI is InChI=1S/C27H20ClFO2/c1-18-7-8-22(16-26(18)29)24-14-11-21(20-9-12-23(28)13-10-20)15-25(24)27(30)31-17-19-5-3-2-4-6-19/h2-16H,17H2,1H3. The maximum absolute atomic E-state index is 14.2. The van der Waals surface area contributed by atoms with E-state index in [1.54, 1.807) is 31.2 Å². The predicted molar refractivity (Wildman–Crippen MR) is 123 cm³/mol. The van der Waals surface area contributed by atoms with Gasteiger partial charge in [0.05, 0.1) is 5.56 Å². The van der Waals surface area contributed by atoms with Gasteiger partial charge in [-0.15, -0.1) is 0 Å². The minimum absolute atomic E-state index is 0.159. The molecular weight excluding hydrogens is 411 g/mol. The number of benzene rings is 4. The van der Waals surface area contributed by atoms with E-state index in [0.717, 1.165) is 16.7 Å². The summed E-state index contributed by atoms with van der Waals surface area (Å²) in [7, 11) is 0. The fourth-order valence-corrected chi connectivity index (χ4v) is 3.47. The summed E-state index contributed by atoms with van der Waals surface area (Å²) in [5.41, 5.74) is 4.84. The van der Waals surface area contributed by atoms with Gasteiger partial charge in [-0.2, -0.15) is 0 Å². The third-order valence-corrected chi connectivity index (χ3v) is 5.36. The van der Waals surface area contributed by atoms with Crippen LogP contribution in [0.4, 0.5) is 4.39 Å². The van der Waals surface area contributed by atoms with Gasteiger partial charge in [0.1, 0.15) is 12.4 Å². The highest BCUT2D eigenvalue weighted by Crippen LogP contribution is 2.31. The molecule has 0 amide bonds. The number of ether oxygens (including phenoxy) is 1. The molecule has 154 valence electrons. The quantitative estimate of drug-likeness (QED) is 0.307. The van der Waals surface area contributed by atoms with Gasteiger partial charge in [-0.3, -0.25) is 0 Å². The van der Waals surface area contributed by atoms with E-state index >= 15 is 0 Å². The van der Waals surface area contributed by atoms with Crippen molar-refractivity contribution < 1.29 is 13.9 Å². The zero-order valence-corrected chi connectivity index (χ0v) is 17.7. The average Bonchev–Trinajstić information content (AvgIpc) is 2.80. The number of hydrogen-bond acceptors (Lipinski definition) is 2. The highest BCUT2D eigenvalue weighted by atomic mass is 35.5. The second-order valence-corrected chi connectivity index (χ2v) is 7.73. The molecule has 0 spiro atoms. The van der Waals surface area contributed by atoms with Crippen molar-refractivity contribution in [3.05, 3.63) is 119 Å². The first kappa shape index (κ1) is 20.8. The molecular formula is C27H20ClFO2. The second-order valence-electron chi connectivity index (χ2n) is 7.29. The van der Waals surface area contributed by atoms with Crippen molar-refractivity contribution in [3.8, 4) is 22.3 Å². The molecule has 4 aromatic rings. The fraction of sp³-hybridized carbons (Fsp3) is 0.0741. The van der Waals surface area contributed by atoms with Crippen molar-refractivity contribution in [2.45, 2.75) is 13.5 Å². The number of rotatable bonds is 5. The molecule has 0 bridgehead atoms. The van der Waals surface area contributed by atoms with E-state index in [1.165, 1.54) is 6.07 Å². The van der Waals surface area contributed by atoms with Gasteiger partial charge in [0.25, 0.3) is 0 Å². The van der Waals surface area contributed by atoms with Crippen LogP contribution in [0.25, 0.3) is 22.3 Å². The molecule has 0 radical (unpaired) electrons. The highest BCUT2D eigenvalue weighted by molar-refractivity contribution is 6.30. The van der Waals surface area contributed by atoms with Gasteiger partial charge in [0.2, 0.25) is 0 Å². The Balaban J connectivity index is 1.73. The van der Waals surface area contributed by atoms with Crippen LogP contribution in [0, 0.1) is 12.7 Å². The topological polar surface area (TPSA) is 26.3 Å². The van der Waals surface area contributed by atoms with Crippen LogP contribution in [0.2, 0.25) is 5.02 Å². The van der Waals surface area contributed by atoms with Gasteiger partial charge in [0.15, 0.2) is 0 Å². The molecule has 0 aliphatic heterocycles. The van der Waals surface area contributed by atoms with E-state index in [0.29, 0.717) is 27.3 Å². The molecule has 31 heavy (non-hydrogen) atoms. The van der Waals surface area contributed by atoms with E-state index in [4.69, 9.17) is 16.3 Å². The summed E-state index contributed by atoms with van der Waals surface area (Å²) < 4.78 is 19.8. The summed E-state index contributed by atoms with van der Waals surface area (Å²) >= 11 is 6.00. The molecule has 0 fully saturated rings. The molecule has 0 heterocycles. The molecule has 0 aromatic heterocycles. The van der Waals surface area contributed by atoms with Crippen LogP contribution in [-0.2, 0) is 11.3 Å². The van der Waals surface area contributed by atoms with Gasteiger partial charge >= 0.3 is 5.97 Å². The first-order valence-electron chi connectivity index (χ1n) is 9.89. The van der Waals surface area contributed by atoms with Crippen LogP contribution in [0.15, 0.2) is 91.0 Å². The SMILES string of the molecule is Cc1ccc(-c2ccc(-c3ccc(Cl)cc3)cc2C(=O)OCc2ccccc2)cc1F. The lowest BCUT2D eigenvalue weighted by atomic mass is 9.94. The van der Waals surface area contributed by atoms with Crippen molar-refractivity contribution in [1.29, 1.82) is 0 Å². The lowest BCUT2D eigenvalue weighted by molar-refractivity contribution is 0.0473. The third kappa shape index (κ3) is 4.84. The number of esters is 1. The molecule has 4 aromatic carbocycles. The normalized spacial score (nSPS) is 10.7. The summed E-state index contributed by atoms with van der Waals surface area (Å²) in [5.74, 6) is -0.779. The molecule has 0 aliphatic rings. The van der Waals surface area contributed by atoms with Gasteiger partial charge in [-0.1, -0.05) is 78.3 Å². The number of halogens is 2. The van der Waals surface area contributed by atoms with E-state index in [9.17, 15) is 9.18 Å². The molecule has 0 saturated carbocycles. The van der Waals surface area contributed by atoms with E-state index in [-0.39, 0.29) is 12.4 Å². The Labute approximate surface area is 185 Å². The minimum Gasteiger partial charge on any atom is -0.457 e. The van der Waals surface area contributed by atoms with Crippen LogP contribution >= 0.6 is 11.6 Å². The van der Waals surface area contributed by atoms with Crippen LogP contribution in [0.5, 0.6) is 0 Å². The Bertz CT molecular complexity index is 1220. The second kappa shape index (κ2) is 9.15. The Morgan fingerprint density at radius 1 is 0.839 bits per heavy atom. The van der Waals surface area contributed by atoms with E-state index in [2.05, 4.69) is 0 Å². The summed E-state index contributed by atoms with van der Waals surface area (Å²) in [4.78, 5) is 13.1. The average molecular weight is 431 g/mol. The lowest BCUT2D eigenvalue weighted by Crippen LogP contribution is -2.07. The molecule has 0 unspecified atom stereocenters. The minimum atomic E-state index is -0.462. The van der Waals surface area contributed by atoms with Crippen molar-refractivity contribution in [2.24, 2.45) is 0 Å². The van der Waals surface area contributed by atoms with Crippen LogP contribution in [-0.4, -0.2) is 5.97 Å². The maximum Gasteiger partial charge on any atom is 0.339 e. The highest BCUT2D eigenvalue weighted by Gasteiger charge is 2.17. The van der Waals surface area contributed by atoms with Gasteiger partial charge in [-0.25, -0.2) is 9.18 Å². The van der Waals surface area contributed by atoms with Gasteiger partial charge in [-0.05, 0) is 64.6 Å². The Morgan fingerprint density at radius 3 is 2.23 bits per heavy atom. The Hall–Kier alpha value is -3.43. The van der Waals surface area contributed by atoms with Crippen LogP contribution in [0.3, 0.4) is 0 Å². The van der Waals surface area contributed by atoms with Crippen molar-refractivity contribution in [3.63, 3.8) is 0 Å². The van der Waals surface area contributed by atoms with Crippen molar-refractivity contribution >= 4 is 17.6 Å². The zero-order valence-electron chi connectivity index (χ0n) is 16.9. The molecule has 0 N–H and O–H groups in total. The third-order valence-electron chi connectivity index (χ3n) is 5.11. The molecule has 2 nitrogen and oxygen atoms in total. The Morgan fingerprint density at radius 2 is 1.52 bits per heavy atom. The number of aryl methyl sites for hydroxylation is 1. The predicted octanol–water partition coefficient (Wildman–Crippen LogP) is 7.48. The summed E-state index contributed by atoms with van der Waals surface area (Å²) in [6.07, 6.45) is 0. The van der Waals surface area contributed by atoms with Crippen LogP contribution < -0.4 is 0 Å². The molecule has 4 heteroatoms. The Kier molecular flexibility index (Phi) is 6.15. The number of carbonyl (C=O) groups excluding carboxylic acids is 1. The number of hydrogen-bond donors (Lipinski definition) is 0. The van der Waals surface area contributed by atoms with E-state index in [1.807, 2.05) is 60.7 Å². The molecule has 0 saturated heterocycles. The van der Waals surface area contributed by atoms with E-state index < -0.39 is 5.97 Å². The smallest absolute Gasteiger partial charge is 0.339 e. The lowest BCUT2D eigenvalue weighted by Gasteiger charge is -2.13. The maximum atomic E-state index is 14.2. The van der Waals surface area contributed by atoms with Crippen molar-refractivity contribution in [2.75, 3.05) is 0 Å². The summed E-state index contributed by atoms with van der Waals surface area (Å²) in [5, 5.41) is 0.637. The first-order chi connectivity index (χ1) is 15.0. The zero-order chi connectivity index (χ0) is 21.8.